The smallest absolute Gasteiger partial charge is 0.253 e. The third-order valence-corrected chi connectivity index (χ3v) is 2.96. The summed E-state index contributed by atoms with van der Waals surface area (Å²) in [7, 11) is 0. The van der Waals surface area contributed by atoms with Crippen LogP contribution in [0, 0.1) is 0 Å². The van der Waals surface area contributed by atoms with Crippen molar-refractivity contribution in [2.75, 3.05) is 6.61 Å². The van der Waals surface area contributed by atoms with Crippen molar-refractivity contribution >= 4 is 40.7 Å². The van der Waals surface area contributed by atoms with Crippen molar-refractivity contribution in [2.45, 2.75) is 17.0 Å². The zero-order valence-corrected chi connectivity index (χ0v) is 11.5. The van der Waals surface area contributed by atoms with Crippen molar-refractivity contribution in [3.63, 3.8) is 0 Å². The molecule has 4 nitrogen and oxygen atoms in total. The van der Waals surface area contributed by atoms with Crippen molar-refractivity contribution in [1.29, 1.82) is 0 Å². The number of rotatable bonds is 5. The third-order valence-electron chi connectivity index (χ3n) is 2.32. The lowest BCUT2D eigenvalue weighted by Crippen LogP contribution is -2.44. The first-order valence-corrected chi connectivity index (χ1v) is 6.33. The van der Waals surface area contributed by atoms with Gasteiger partial charge in [-0.15, -0.1) is 0 Å². The Hall–Kier alpha value is -0.520. The molecule has 1 aromatic carbocycles. The lowest BCUT2D eigenvalue weighted by atomic mass is 10.0. The lowest BCUT2D eigenvalue weighted by molar-refractivity contribution is -0.121. The third kappa shape index (κ3) is 4.30. The molecule has 3 N–H and O–H groups in total. The van der Waals surface area contributed by atoms with Gasteiger partial charge in [-0.3, -0.25) is 4.79 Å². The quantitative estimate of drug-likeness (QED) is 0.724. The summed E-state index contributed by atoms with van der Waals surface area (Å²) in [6.07, 6.45) is -1.08. The number of halogens is 3. The second kappa shape index (κ2) is 7.16. The molecule has 18 heavy (non-hydrogen) atoms. The summed E-state index contributed by atoms with van der Waals surface area (Å²) in [5.74, 6) is -0.676. The van der Waals surface area contributed by atoms with E-state index in [1.54, 1.807) is 24.3 Å². The fraction of sp³-hybridized carbons (Fsp3) is 0.364. The van der Waals surface area contributed by atoms with Crippen LogP contribution in [-0.4, -0.2) is 33.6 Å². The fourth-order valence-electron chi connectivity index (χ4n) is 1.36. The lowest BCUT2D eigenvalue weighted by Gasteiger charge is -2.22. The van der Waals surface area contributed by atoms with E-state index in [1.165, 1.54) is 0 Å². The topological polar surface area (TPSA) is 69.6 Å². The van der Waals surface area contributed by atoms with Gasteiger partial charge in [-0.2, -0.15) is 0 Å². The molecule has 0 heterocycles. The molecule has 0 unspecified atom stereocenters. The van der Waals surface area contributed by atoms with E-state index in [-0.39, 0.29) is 0 Å². The summed E-state index contributed by atoms with van der Waals surface area (Å²) in [5.41, 5.74) is 0.513. The fourth-order valence-corrected chi connectivity index (χ4v) is 1.61. The predicted molar refractivity (Wildman–Crippen MR) is 70.9 cm³/mol. The van der Waals surface area contributed by atoms with Gasteiger partial charge in [0.15, 0.2) is 4.84 Å². The molecule has 0 aliphatic carbocycles. The van der Waals surface area contributed by atoms with Gasteiger partial charge in [-0.1, -0.05) is 46.9 Å². The van der Waals surface area contributed by atoms with Crippen molar-refractivity contribution in [3.05, 3.63) is 34.9 Å². The minimum atomic E-state index is -1.25. The van der Waals surface area contributed by atoms with Gasteiger partial charge in [0, 0.05) is 5.02 Å². The number of carbonyl (C=O) groups excluding carboxylic acids is 1. The van der Waals surface area contributed by atoms with Crippen LogP contribution in [0.4, 0.5) is 0 Å². The monoisotopic (exact) mass is 311 g/mol. The molecule has 2 atom stereocenters. The first-order valence-electron chi connectivity index (χ1n) is 5.08. The number of carbonyl (C=O) groups is 1. The molecule has 1 rings (SSSR count). The number of aliphatic hydroxyl groups excluding tert-OH is 2. The highest BCUT2D eigenvalue weighted by atomic mass is 35.5. The Balaban J connectivity index is 2.75. The highest BCUT2D eigenvalue weighted by Crippen LogP contribution is 2.19. The molecule has 1 aromatic rings. The SMILES string of the molecule is O=C(N[C@H](CO)[C@H](O)c1ccc(Cl)cc1)C(Cl)Cl. The normalized spacial score (nSPS) is 14.3. The van der Waals surface area contributed by atoms with Crippen molar-refractivity contribution in [1.82, 2.24) is 5.32 Å². The van der Waals surface area contributed by atoms with Gasteiger partial charge in [0.2, 0.25) is 0 Å². The summed E-state index contributed by atoms with van der Waals surface area (Å²) in [4.78, 5) is 10.0. The largest absolute Gasteiger partial charge is 0.394 e. The maximum absolute atomic E-state index is 11.3. The maximum atomic E-state index is 11.3. The second-order valence-corrected chi connectivity index (χ2v) is 5.13. The zero-order chi connectivity index (χ0) is 13.7. The number of hydrogen-bond donors (Lipinski definition) is 3. The molecule has 0 radical (unpaired) electrons. The first kappa shape index (κ1) is 15.5. The number of nitrogens with one attached hydrogen (secondary N) is 1. The highest BCUT2D eigenvalue weighted by molar-refractivity contribution is 6.53. The Labute approximate surface area is 119 Å². The molecule has 0 saturated carbocycles. The molecule has 1 amide bonds. The van der Waals surface area contributed by atoms with Gasteiger partial charge in [0.25, 0.3) is 5.91 Å². The molecule has 7 heteroatoms. The van der Waals surface area contributed by atoms with Gasteiger partial charge in [-0.05, 0) is 17.7 Å². The van der Waals surface area contributed by atoms with Gasteiger partial charge in [0.05, 0.1) is 12.6 Å². The summed E-state index contributed by atoms with van der Waals surface area (Å²) in [6.45, 7) is -0.448. The molecule has 0 bridgehead atoms. The van der Waals surface area contributed by atoms with E-state index in [9.17, 15) is 9.90 Å². The predicted octanol–water partition coefficient (Wildman–Crippen LogP) is 1.65. The average Bonchev–Trinajstić information content (AvgIpc) is 2.35. The molecule has 0 saturated heterocycles. The van der Waals surface area contributed by atoms with E-state index in [0.717, 1.165) is 0 Å². The van der Waals surface area contributed by atoms with Crippen LogP contribution in [0.3, 0.4) is 0 Å². The van der Waals surface area contributed by atoms with E-state index < -0.39 is 29.5 Å². The van der Waals surface area contributed by atoms with Gasteiger partial charge in [0.1, 0.15) is 6.10 Å². The van der Waals surface area contributed by atoms with E-state index in [1.807, 2.05) is 0 Å². The minimum absolute atomic E-state index is 0.448. The van der Waals surface area contributed by atoms with E-state index in [4.69, 9.17) is 39.9 Å². The molecular weight excluding hydrogens is 300 g/mol. The Morgan fingerprint density at radius 1 is 1.28 bits per heavy atom. The summed E-state index contributed by atoms with van der Waals surface area (Å²) >= 11 is 16.5. The molecule has 0 aliphatic heterocycles. The first-order chi connectivity index (χ1) is 8.45. The Morgan fingerprint density at radius 2 is 1.83 bits per heavy atom. The Kier molecular flexibility index (Phi) is 6.18. The van der Waals surface area contributed by atoms with Crippen LogP contribution < -0.4 is 5.32 Å². The van der Waals surface area contributed by atoms with Gasteiger partial charge >= 0.3 is 0 Å². The average molecular weight is 313 g/mol. The van der Waals surface area contributed by atoms with Crippen molar-refractivity contribution in [3.8, 4) is 0 Å². The number of alkyl halides is 2. The minimum Gasteiger partial charge on any atom is -0.394 e. The van der Waals surface area contributed by atoms with Crippen molar-refractivity contribution < 1.29 is 15.0 Å². The van der Waals surface area contributed by atoms with Crippen LogP contribution in [0.15, 0.2) is 24.3 Å². The van der Waals surface area contributed by atoms with E-state index in [0.29, 0.717) is 10.6 Å². The maximum Gasteiger partial charge on any atom is 0.253 e. The van der Waals surface area contributed by atoms with Crippen molar-refractivity contribution in [2.24, 2.45) is 0 Å². The van der Waals surface area contributed by atoms with Gasteiger partial charge < -0.3 is 15.5 Å². The molecule has 100 valence electrons. The van der Waals surface area contributed by atoms with Crippen LogP contribution in [0.5, 0.6) is 0 Å². The van der Waals surface area contributed by atoms with Crippen LogP contribution in [0.25, 0.3) is 0 Å². The number of amides is 1. The summed E-state index contributed by atoms with van der Waals surface area (Å²) in [5, 5.41) is 22.0. The molecule has 0 aliphatic rings. The molecule has 0 aromatic heterocycles. The van der Waals surface area contributed by atoms with Crippen LogP contribution >= 0.6 is 34.8 Å². The molecule has 0 spiro atoms. The van der Waals surface area contributed by atoms with Gasteiger partial charge in [-0.25, -0.2) is 0 Å². The number of hydrogen-bond acceptors (Lipinski definition) is 3. The number of aliphatic hydroxyl groups is 2. The van der Waals surface area contributed by atoms with E-state index >= 15 is 0 Å². The number of benzene rings is 1. The summed E-state index contributed by atoms with van der Waals surface area (Å²) in [6, 6.07) is 5.50. The van der Waals surface area contributed by atoms with Crippen LogP contribution in [0.2, 0.25) is 5.02 Å². The molecule has 0 fully saturated rings. The Bertz CT molecular complexity index is 397. The standard InChI is InChI=1S/C11H12Cl3NO3/c12-7-3-1-6(2-4-7)9(17)8(5-16)15-11(18)10(13)14/h1-4,8-10,16-17H,5H2,(H,15,18)/t8-,9-/m1/s1. The van der Waals surface area contributed by atoms with Crippen LogP contribution in [-0.2, 0) is 4.79 Å². The second-order valence-electron chi connectivity index (χ2n) is 3.59. The van der Waals surface area contributed by atoms with E-state index in [2.05, 4.69) is 5.32 Å². The summed E-state index contributed by atoms with van der Waals surface area (Å²) < 4.78 is 0. The molecular formula is C11H12Cl3NO3. The Morgan fingerprint density at radius 3 is 2.28 bits per heavy atom. The zero-order valence-electron chi connectivity index (χ0n) is 9.19. The van der Waals surface area contributed by atoms with Crippen LogP contribution in [0.1, 0.15) is 11.7 Å². The highest BCUT2D eigenvalue weighted by Gasteiger charge is 2.24.